The van der Waals surface area contributed by atoms with Crippen molar-refractivity contribution in [2.75, 3.05) is 44.4 Å². The largest absolute Gasteiger partial charge is 0.497 e. The Morgan fingerprint density at radius 2 is 1.87 bits per heavy atom. The minimum atomic E-state index is -0.00636. The normalized spacial score (nSPS) is 10.8. The number of rotatable bonds is 9. The van der Waals surface area contributed by atoms with E-state index in [2.05, 4.69) is 18.7 Å². The van der Waals surface area contributed by atoms with Crippen LogP contribution in [0, 0.1) is 0 Å². The fourth-order valence-electron chi connectivity index (χ4n) is 3.17. The number of ether oxygens (including phenoxy) is 1. The Balaban J connectivity index is 0.00000320. The van der Waals surface area contributed by atoms with Gasteiger partial charge in [0, 0.05) is 18.0 Å². The van der Waals surface area contributed by atoms with Gasteiger partial charge in [-0.2, -0.15) is 0 Å². The molecule has 0 fully saturated rings. The lowest BCUT2D eigenvalue weighted by molar-refractivity contribution is 0.0981. The van der Waals surface area contributed by atoms with E-state index in [4.69, 9.17) is 9.72 Å². The molecule has 0 atom stereocenters. The summed E-state index contributed by atoms with van der Waals surface area (Å²) >= 11 is 3.12. The first-order valence-electron chi connectivity index (χ1n) is 9.73. The molecule has 0 aliphatic carbocycles. The molecular weight excluding hydrogens is 438 g/mol. The highest BCUT2D eigenvalue weighted by molar-refractivity contribution is 7.98. The molecule has 0 N–H and O–H groups in total. The number of likely N-dealkylation sites (N-methyl/N-ethyl adjacent to an activating group) is 1. The lowest BCUT2D eigenvalue weighted by Gasteiger charge is -2.25. The summed E-state index contributed by atoms with van der Waals surface area (Å²) in [6, 6.07) is 13.6. The molecule has 2 aromatic carbocycles. The number of aromatic nitrogens is 1. The summed E-state index contributed by atoms with van der Waals surface area (Å²) in [4.78, 5) is 23.4. The molecular formula is C22H28ClN3O2S2. The fraction of sp³-hybridized carbons (Fsp3) is 0.364. The predicted molar refractivity (Wildman–Crippen MR) is 131 cm³/mol. The first-order valence-corrected chi connectivity index (χ1v) is 11.8. The van der Waals surface area contributed by atoms with Crippen molar-refractivity contribution in [2.24, 2.45) is 0 Å². The zero-order chi connectivity index (χ0) is 20.8. The van der Waals surface area contributed by atoms with E-state index in [1.807, 2.05) is 53.6 Å². The van der Waals surface area contributed by atoms with Crippen LogP contribution in [0.2, 0.25) is 0 Å². The second-order valence-electron chi connectivity index (χ2n) is 6.51. The van der Waals surface area contributed by atoms with E-state index < -0.39 is 0 Å². The van der Waals surface area contributed by atoms with Crippen molar-refractivity contribution >= 4 is 56.8 Å². The molecule has 30 heavy (non-hydrogen) atoms. The van der Waals surface area contributed by atoms with E-state index >= 15 is 0 Å². The average Bonchev–Trinajstić information content (AvgIpc) is 3.19. The summed E-state index contributed by atoms with van der Waals surface area (Å²) in [5, 5.41) is 0.723. The standard InChI is InChI=1S/C22H27N3O2S2.ClH/c1-5-24(6-2)13-14-25(21(26)17-9-7-8-10-19(17)28-4)22-23-18-12-11-16(27-3)15-20(18)29-22;/h7-12,15H,5-6,13-14H2,1-4H3;1H. The van der Waals surface area contributed by atoms with Crippen molar-refractivity contribution in [1.29, 1.82) is 0 Å². The molecule has 8 heteroatoms. The van der Waals surface area contributed by atoms with Crippen molar-refractivity contribution in [3.05, 3.63) is 48.0 Å². The van der Waals surface area contributed by atoms with Crippen molar-refractivity contribution in [3.8, 4) is 5.75 Å². The van der Waals surface area contributed by atoms with Crippen LogP contribution in [0.5, 0.6) is 5.75 Å². The minimum absolute atomic E-state index is 0. The minimum Gasteiger partial charge on any atom is -0.497 e. The van der Waals surface area contributed by atoms with Crippen molar-refractivity contribution in [1.82, 2.24) is 9.88 Å². The van der Waals surface area contributed by atoms with Gasteiger partial charge in [0.2, 0.25) is 0 Å². The van der Waals surface area contributed by atoms with Crippen LogP contribution in [0.4, 0.5) is 5.13 Å². The van der Waals surface area contributed by atoms with Gasteiger partial charge in [-0.25, -0.2) is 4.98 Å². The summed E-state index contributed by atoms with van der Waals surface area (Å²) in [7, 11) is 1.66. The van der Waals surface area contributed by atoms with Crippen LogP contribution in [-0.4, -0.2) is 55.3 Å². The Morgan fingerprint density at radius 3 is 2.53 bits per heavy atom. The smallest absolute Gasteiger partial charge is 0.261 e. The fourth-order valence-corrected chi connectivity index (χ4v) is 4.78. The van der Waals surface area contributed by atoms with E-state index in [9.17, 15) is 4.79 Å². The molecule has 0 saturated carbocycles. The molecule has 1 amide bonds. The number of hydrogen-bond acceptors (Lipinski definition) is 6. The molecule has 0 aliphatic rings. The number of amides is 1. The number of methoxy groups -OCH3 is 1. The van der Waals surface area contributed by atoms with Gasteiger partial charge in [0.25, 0.3) is 5.91 Å². The van der Waals surface area contributed by atoms with Gasteiger partial charge < -0.3 is 9.64 Å². The van der Waals surface area contributed by atoms with Crippen LogP contribution < -0.4 is 9.64 Å². The molecule has 5 nitrogen and oxygen atoms in total. The highest BCUT2D eigenvalue weighted by Crippen LogP contribution is 2.33. The van der Waals surface area contributed by atoms with Gasteiger partial charge in [0.15, 0.2) is 5.13 Å². The zero-order valence-corrected chi connectivity index (χ0v) is 20.2. The van der Waals surface area contributed by atoms with Crippen molar-refractivity contribution in [3.63, 3.8) is 0 Å². The number of hydrogen-bond donors (Lipinski definition) is 0. The molecule has 0 saturated heterocycles. The van der Waals surface area contributed by atoms with E-state index in [-0.39, 0.29) is 18.3 Å². The van der Waals surface area contributed by atoms with Gasteiger partial charge in [-0.3, -0.25) is 9.69 Å². The third-order valence-corrected chi connectivity index (χ3v) is 6.77. The van der Waals surface area contributed by atoms with Crippen LogP contribution in [-0.2, 0) is 0 Å². The van der Waals surface area contributed by atoms with E-state index in [0.717, 1.165) is 51.2 Å². The quantitative estimate of drug-likeness (QED) is 0.394. The number of anilines is 1. The predicted octanol–water partition coefficient (Wildman–Crippen LogP) is 5.44. The number of fused-ring (bicyclic) bond motifs is 1. The maximum Gasteiger partial charge on any atom is 0.261 e. The Morgan fingerprint density at radius 1 is 1.13 bits per heavy atom. The lowest BCUT2D eigenvalue weighted by atomic mass is 10.2. The third kappa shape index (κ3) is 5.46. The highest BCUT2D eigenvalue weighted by atomic mass is 35.5. The number of carbonyl (C=O) groups excluding carboxylic acids is 1. The number of thiazole rings is 1. The Hall–Kier alpha value is -1.80. The molecule has 1 heterocycles. The number of thioether (sulfide) groups is 1. The number of carbonyl (C=O) groups is 1. The maximum atomic E-state index is 13.6. The SMILES string of the molecule is CCN(CC)CCN(C(=O)c1ccccc1SC)c1nc2ccc(OC)cc2s1.Cl. The Bertz CT molecular complexity index is 976. The second kappa shape index (κ2) is 11.6. The van der Waals surface area contributed by atoms with E-state index in [1.165, 1.54) is 11.3 Å². The van der Waals surface area contributed by atoms with E-state index in [0.29, 0.717) is 6.54 Å². The van der Waals surface area contributed by atoms with Gasteiger partial charge in [0.1, 0.15) is 5.75 Å². The van der Waals surface area contributed by atoms with Gasteiger partial charge in [-0.15, -0.1) is 24.2 Å². The molecule has 1 aromatic heterocycles. The zero-order valence-electron chi connectivity index (χ0n) is 17.8. The number of halogens is 1. The maximum absolute atomic E-state index is 13.6. The molecule has 0 radical (unpaired) electrons. The summed E-state index contributed by atoms with van der Waals surface area (Å²) < 4.78 is 6.35. The first kappa shape index (κ1) is 24.5. The monoisotopic (exact) mass is 465 g/mol. The number of nitrogens with zero attached hydrogens (tertiary/aromatic N) is 3. The summed E-state index contributed by atoms with van der Waals surface area (Å²) in [5.41, 5.74) is 1.60. The molecule has 0 aliphatic heterocycles. The molecule has 3 aromatic rings. The van der Waals surface area contributed by atoms with Crippen LogP contribution in [0.15, 0.2) is 47.4 Å². The molecule has 0 bridgehead atoms. The summed E-state index contributed by atoms with van der Waals surface area (Å²) in [6.07, 6.45) is 2.00. The summed E-state index contributed by atoms with van der Waals surface area (Å²) in [5.74, 6) is 0.787. The van der Waals surface area contributed by atoms with Gasteiger partial charge in [-0.1, -0.05) is 37.3 Å². The lowest BCUT2D eigenvalue weighted by Crippen LogP contribution is -2.39. The van der Waals surface area contributed by atoms with Crippen LogP contribution >= 0.6 is 35.5 Å². The van der Waals surface area contributed by atoms with Crippen molar-refractivity contribution in [2.45, 2.75) is 18.7 Å². The second-order valence-corrected chi connectivity index (χ2v) is 8.37. The first-order chi connectivity index (χ1) is 14.1. The van der Waals surface area contributed by atoms with Crippen LogP contribution in [0.1, 0.15) is 24.2 Å². The third-order valence-electron chi connectivity index (χ3n) is 4.93. The molecule has 0 unspecified atom stereocenters. The van der Waals surface area contributed by atoms with Gasteiger partial charge in [0.05, 0.1) is 22.9 Å². The molecule has 162 valence electrons. The highest BCUT2D eigenvalue weighted by Gasteiger charge is 2.23. The Labute approximate surface area is 192 Å². The van der Waals surface area contributed by atoms with Gasteiger partial charge >= 0.3 is 0 Å². The molecule has 3 rings (SSSR count). The van der Waals surface area contributed by atoms with Crippen molar-refractivity contribution < 1.29 is 9.53 Å². The van der Waals surface area contributed by atoms with E-state index in [1.54, 1.807) is 18.9 Å². The van der Waals surface area contributed by atoms with Gasteiger partial charge in [-0.05, 0) is 49.7 Å². The van der Waals surface area contributed by atoms with Crippen LogP contribution in [0.3, 0.4) is 0 Å². The Kier molecular flexibility index (Phi) is 9.42. The summed E-state index contributed by atoms with van der Waals surface area (Å²) in [6.45, 7) is 7.60. The number of benzene rings is 2. The average molecular weight is 466 g/mol. The van der Waals surface area contributed by atoms with Crippen LogP contribution in [0.25, 0.3) is 10.2 Å². The molecule has 0 spiro atoms. The topological polar surface area (TPSA) is 45.7 Å².